The Kier molecular flexibility index (Phi) is 4.42. The second-order valence-electron chi connectivity index (χ2n) is 7.33. The van der Waals surface area contributed by atoms with Crippen LogP contribution in [0, 0.1) is 5.92 Å². The van der Waals surface area contributed by atoms with Gasteiger partial charge in [0.15, 0.2) is 0 Å². The number of hydrogen-bond donors (Lipinski definition) is 1. The minimum atomic E-state index is -0.700. The van der Waals surface area contributed by atoms with Gasteiger partial charge in [-0.3, -0.25) is 10.2 Å². The van der Waals surface area contributed by atoms with Crippen LogP contribution < -0.4 is 5.43 Å². The van der Waals surface area contributed by atoms with Gasteiger partial charge in [0.2, 0.25) is 5.91 Å². The molecule has 2 heterocycles. The number of carbonyl (C=O) groups is 2. The molecule has 3 unspecified atom stereocenters. The van der Waals surface area contributed by atoms with Crippen LogP contribution in [0.3, 0.4) is 0 Å². The van der Waals surface area contributed by atoms with E-state index in [4.69, 9.17) is 9.47 Å². The van der Waals surface area contributed by atoms with Gasteiger partial charge in [-0.2, -0.15) is 0 Å². The molecule has 0 bridgehead atoms. The summed E-state index contributed by atoms with van der Waals surface area (Å²) in [6.45, 7) is 5.56. The van der Waals surface area contributed by atoms with Crippen LogP contribution in [-0.4, -0.2) is 23.2 Å². The van der Waals surface area contributed by atoms with Crippen molar-refractivity contribution in [2.24, 2.45) is 5.92 Å². The maximum absolute atomic E-state index is 12.7. The molecule has 0 radical (unpaired) electrons. The van der Waals surface area contributed by atoms with Crippen LogP contribution in [0.2, 0.25) is 0 Å². The Balaban J connectivity index is 1.60. The van der Waals surface area contributed by atoms with Gasteiger partial charge in [0.25, 0.3) is 6.29 Å². The molecule has 0 aromatic heterocycles. The molecular weight excluding hydrogens is 344 g/mol. The average Bonchev–Trinajstić information content (AvgIpc) is 3.28. The van der Waals surface area contributed by atoms with E-state index in [1.807, 2.05) is 26.0 Å². The summed E-state index contributed by atoms with van der Waals surface area (Å²) < 4.78 is 11.0. The van der Waals surface area contributed by atoms with Crippen molar-refractivity contribution in [3.05, 3.63) is 58.5 Å². The van der Waals surface area contributed by atoms with Crippen LogP contribution >= 0.6 is 0 Å². The lowest BCUT2D eigenvalue weighted by atomic mass is 9.99. The van der Waals surface area contributed by atoms with Gasteiger partial charge in [-0.15, -0.1) is 0 Å². The summed E-state index contributed by atoms with van der Waals surface area (Å²) in [5.74, 6) is -0.154. The Morgan fingerprint density at radius 2 is 2.15 bits per heavy atom. The van der Waals surface area contributed by atoms with E-state index in [0.717, 1.165) is 24.1 Å². The number of nitrogens with zero attached hydrogens (tertiary/aromatic N) is 1. The van der Waals surface area contributed by atoms with Crippen molar-refractivity contribution < 1.29 is 19.1 Å². The fourth-order valence-electron chi connectivity index (χ4n) is 4.01. The summed E-state index contributed by atoms with van der Waals surface area (Å²) in [5.41, 5.74) is 7.89. The topological polar surface area (TPSA) is 67.9 Å². The number of hydrazine groups is 1. The quantitative estimate of drug-likeness (QED) is 0.653. The number of rotatable bonds is 4. The maximum Gasteiger partial charge on any atom is 0.337 e. The Bertz CT molecular complexity index is 857. The first-order valence-electron chi connectivity index (χ1n) is 9.41. The third-order valence-electron chi connectivity index (χ3n) is 5.64. The third kappa shape index (κ3) is 2.89. The van der Waals surface area contributed by atoms with Gasteiger partial charge in [0.1, 0.15) is 6.26 Å². The molecule has 0 saturated carbocycles. The molecule has 2 aliphatic heterocycles. The van der Waals surface area contributed by atoms with Crippen molar-refractivity contribution in [2.75, 3.05) is 0 Å². The van der Waals surface area contributed by atoms with Gasteiger partial charge in [0, 0.05) is 23.5 Å². The lowest BCUT2D eigenvalue weighted by Gasteiger charge is -2.24. The molecule has 1 N–H and O–H groups in total. The third-order valence-corrected chi connectivity index (χ3v) is 5.64. The normalized spacial score (nSPS) is 27.5. The molecular formula is C21H24N2O4. The summed E-state index contributed by atoms with van der Waals surface area (Å²) in [7, 11) is 0. The van der Waals surface area contributed by atoms with E-state index in [-0.39, 0.29) is 23.8 Å². The Morgan fingerprint density at radius 1 is 1.37 bits per heavy atom. The van der Waals surface area contributed by atoms with Crippen molar-refractivity contribution in [1.82, 2.24) is 10.4 Å². The molecule has 27 heavy (non-hydrogen) atoms. The highest BCUT2D eigenvalue weighted by Crippen LogP contribution is 2.47. The molecule has 1 fully saturated rings. The van der Waals surface area contributed by atoms with E-state index in [1.165, 1.54) is 11.1 Å². The molecule has 0 spiro atoms. The highest BCUT2D eigenvalue weighted by atomic mass is 16.7. The van der Waals surface area contributed by atoms with Crippen molar-refractivity contribution in [3.8, 4) is 0 Å². The van der Waals surface area contributed by atoms with Gasteiger partial charge in [0.05, 0.1) is 11.7 Å². The molecule has 3 atom stereocenters. The standard InChI is InChI=1S/C21H24N2O4/c1-4-7-18(24)23-19-15-9-6-5-8-14(15)10-16(19)17(22-23)11-26-21-13(3)12(2)20(25)27-21/h5-6,8-9,11,16,19,21-22H,4,7,10H2,1-3H3/b17-11+. The molecule has 6 heteroatoms. The van der Waals surface area contributed by atoms with E-state index in [9.17, 15) is 9.59 Å². The zero-order valence-corrected chi connectivity index (χ0v) is 15.8. The first kappa shape index (κ1) is 17.6. The summed E-state index contributed by atoms with van der Waals surface area (Å²) in [6.07, 6.45) is 3.05. The molecule has 3 aliphatic rings. The van der Waals surface area contributed by atoms with Crippen molar-refractivity contribution in [2.45, 2.75) is 52.4 Å². The number of esters is 1. The number of carbonyl (C=O) groups excluding carboxylic acids is 2. The van der Waals surface area contributed by atoms with Gasteiger partial charge in [-0.25, -0.2) is 9.80 Å². The van der Waals surface area contributed by atoms with Gasteiger partial charge >= 0.3 is 5.97 Å². The molecule has 142 valence electrons. The summed E-state index contributed by atoms with van der Waals surface area (Å²) in [5, 5.41) is 1.74. The second-order valence-corrected chi connectivity index (χ2v) is 7.33. The van der Waals surface area contributed by atoms with Crippen molar-refractivity contribution in [1.29, 1.82) is 0 Å². The van der Waals surface area contributed by atoms with Crippen LogP contribution in [0.4, 0.5) is 0 Å². The Hall–Kier alpha value is -2.76. The predicted octanol–water partition coefficient (Wildman–Crippen LogP) is 3.12. The Labute approximate surface area is 158 Å². The molecule has 4 rings (SSSR count). The zero-order chi connectivity index (χ0) is 19.1. The number of fused-ring (bicyclic) bond motifs is 3. The Morgan fingerprint density at radius 3 is 2.85 bits per heavy atom. The summed E-state index contributed by atoms with van der Waals surface area (Å²) >= 11 is 0. The first-order valence-corrected chi connectivity index (χ1v) is 9.41. The van der Waals surface area contributed by atoms with Gasteiger partial charge in [-0.05, 0) is 37.8 Å². The number of cyclic esters (lactones) is 1. The monoisotopic (exact) mass is 368 g/mol. The first-order chi connectivity index (χ1) is 13.0. The van der Waals surface area contributed by atoms with Crippen LogP contribution in [-0.2, 0) is 25.5 Å². The molecule has 1 aromatic carbocycles. The van der Waals surface area contributed by atoms with E-state index in [2.05, 4.69) is 17.6 Å². The SMILES string of the molecule is CCCC(=O)N1N/C(=C/OC2OC(=O)C(C)=C2C)C2Cc3ccccc3C21. The molecule has 1 saturated heterocycles. The number of hydrogen-bond acceptors (Lipinski definition) is 5. The van der Waals surface area contributed by atoms with Crippen molar-refractivity contribution >= 4 is 11.9 Å². The second kappa shape index (κ2) is 6.76. The molecule has 1 aliphatic carbocycles. The highest BCUT2D eigenvalue weighted by molar-refractivity contribution is 5.91. The lowest BCUT2D eigenvalue weighted by molar-refractivity contribution is -0.153. The summed E-state index contributed by atoms with van der Waals surface area (Å²) in [6, 6.07) is 8.22. The number of amides is 1. The van der Waals surface area contributed by atoms with Gasteiger partial charge < -0.3 is 9.47 Å². The maximum atomic E-state index is 12.7. The number of benzene rings is 1. The van der Waals surface area contributed by atoms with Crippen LogP contribution in [0.25, 0.3) is 0 Å². The fraction of sp³-hybridized carbons (Fsp3) is 0.429. The van der Waals surface area contributed by atoms with E-state index in [1.54, 1.807) is 18.2 Å². The lowest BCUT2D eigenvalue weighted by Crippen LogP contribution is -2.38. The van der Waals surface area contributed by atoms with E-state index < -0.39 is 6.29 Å². The van der Waals surface area contributed by atoms with E-state index in [0.29, 0.717) is 12.0 Å². The number of ether oxygens (including phenoxy) is 2. The molecule has 6 nitrogen and oxygen atoms in total. The number of nitrogens with one attached hydrogen (secondary N) is 1. The summed E-state index contributed by atoms with van der Waals surface area (Å²) in [4.78, 5) is 24.3. The van der Waals surface area contributed by atoms with Crippen LogP contribution in [0.1, 0.15) is 50.8 Å². The largest absolute Gasteiger partial charge is 0.457 e. The average molecular weight is 368 g/mol. The van der Waals surface area contributed by atoms with E-state index >= 15 is 0 Å². The molecule has 1 amide bonds. The predicted molar refractivity (Wildman–Crippen MR) is 98.7 cm³/mol. The van der Waals surface area contributed by atoms with Crippen LogP contribution in [0.5, 0.6) is 0 Å². The fourth-order valence-corrected chi connectivity index (χ4v) is 4.01. The minimum absolute atomic E-state index is 0.0281. The van der Waals surface area contributed by atoms with Gasteiger partial charge in [-0.1, -0.05) is 31.2 Å². The smallest absolute Gasteiger partial charge is 0.337 e. The van der Waals surface area contributed by atoms with Crippen LogP contribution in [0.15, 0.2) is 47.4 Å². The minimum Gasteiger partial charge on any atom is -0.457 e. The molecule has 1 aromatic rings. The zero-order valence-electron chi connectivity index (χ0n) is 15.8. The highest BCUT2D eigenvalue weighted by Gasteiger charge is 2.46. The van der Waals surface area contributed by atoms with Crippen molar-refractivity contribution in [3.63, 3.8) is 0 Å².